The number of barbiturate groups is 1. The highest BCUT2D eigenvalue weighted by atomic mass is 35.5. The quantitative estimate of drug-likeness (QED) is 0.419. The fourth-order valence-corrected chi connectivity index (χ4v) is 3.63. The zero-order chi connectivity index (χ0) is 23.5. The van der Waals surface area contributed by atoms with Crippen LogP contribution in [0.25, 0.3) is 6.08 Å². The number of hydrogen-bond acceptors (Lipinski definition) is 4. The van der Waals surface area contributed by atoms with Crippen LogP contribution in [-0.4, -0.2) is 17.8 Å². The summed E-state index contributed by atoms with van der Waals surface area (Å²) in [5, 5.41) is 2.88. The summed E-state index contributed by atoms with van der Waals surface area (Å²) < 4.78 is 5.77. The summed E-state index contributed by atoms with van der Waals surface area (Å²) >= 11 is 6.15. The van der Waals surface area contributed by atoms with Crippen LogP contribution in [0.4, 0.5) is 10.5 Å². The monoisotopic (exact) mass is 460 g/mol. The Bertz CT molecular complexity index is 1280. The topological polar surface area (TPSA) is 75.7 Å². The molecule has 6 nitrogen and oxygen atoms in total. The largest absolute Gasteiger partial charge is 0.489 e. The standard InChI is InChI=1S/C26H21ClN2O4/c1-16-7-8-17(2)23(13-16)29-25(31)21(24(30)28-26(29)32)14-18-9-11-20(12-10-18)33-15-19-5-3-4-6-22(19)27/h3-14H,15H2,1-2H3,(H,28,30,32)/b21-14+. The maximum Gasteiger partial charge on any atom is 0.335 e. The Balaban J connectivity index is 1.55. The van der Waals surface area contributed by atoms with Crippen molar-refractivity contribution in [2.75, 3.05) is 4.90 Å². The molecule has 0 radical (unpaired) electrons. The fraction of sp³-hybridized carbons (Fsp3) is 0.115. The van der Waals surface area contributed by atoms with Crippen LogP contribution in [0, 0.1) is 13.8 Å². The summed E-state index contributed by atoms with van der Waals surface area (Å²) in [5.41, 5.74) is 3.45. The molecule has 1 aliphatic heterocycles. The van der Waals surface area contributed by atoms with Gasteiger partial charge in [0.2, 0.25) is 0 Å². The molecule has 0 aliphatic carbocycles. The normalized spacial score (nSPS) is 15.1. The van der Waals surface area contributed by atoms with Crippen LogP contribution in [0.15, 0.2) is 72.3 Å². The Labute approximate surface area is 196 Å². The molecule has 1 fully saturated rings. The number of benzene rings is 3. The number of rotatable bonds is 5. The van der Waals surface area contributed by atoms with Crippen molar-refractivity contribution in [2.45, 2.75) is 20.5 Å². The zero-order valence-electron chi connectivity index (χ0n) is 18.1. The van der Waals surface area contributed by atoms with Gasteiger partial charge in [-0.3, -0.25) is 14.9 Å². The number of urea groups is 1. The molecular formula is C26H21ClN2O4. The number of carbonyl (C=O) groups excluding carboxylic acids is 3. The van der Waals surface area contributed by atoms with Crippen molar-refractivity contribution in [2.24, 2.45) is 0 Å². The number of halogens is 1. The van der Waals surface area contributed by atoms with E-state index in [0.29, 0.717) is 28.6 Å². The number of ether oxygens (including phenoxy) is 1. The molecule has 33 heavy (non-hydrogen) atoms. The van der Waals surface area contributed by atoms with E-state index < -0.39 is 17.8 Å². The Morgan fingerprint density at radius 1 is 0.970 bits per heavy atom. The van der Waals surface area contributed by atoms with Crippen LogP contribution in [0.2, 0.25) is 5.02 Å². The Kier molecular flexibility index (Phi) is 6.29. The first kappa shape index (κ1) is 22.3. The van der Waals surface area contributed by atoms with Crippen molar-refractivity contribution in [1.29, 1.82) is 0 Å². The molecular weight excluding hydrogens is 440 g/mol. The Morgan fingerprint density at radius 3 is 2.42 bits per heavy atom. The lowest BCUT2D eigenvalue weighted by Crippen LogP contribution is -2.54. The van der Waals surface area contributed by atoms with E-state index in [-0.39, 0.29) is 5.57 Å². The van der Waals surface area contributed by atoms with E-state index >= 15 is 0 Å². The van der Waals surface area contributed by atoms with Gasteiger partial charge < -0.3 is 4.74 Å². The second-order valence-electron chi connectivity index (χ2n) is 7.70. The molecule has 166 valence electrons. The lowest BCUT2D eigenvalue weighted by Gasteiger charge is -2.27. The van der Waals surface area contributed by atoms with E-state index in [1.807, 2.05) is 37.3 Å². The number of aryl methyl sites for hydroxylation is 2. The minimum atomic E-state index is -0.765. The molecule has 4 amide bonds. The van der Waals surface area contributed by atoms with E-state index in [4.69, 9.17) is 16.3 Å². The molecule has 1 saturated heterocycles. The first-order valence-electron chi connectivity index (χ1n) is 10.3. The van der Waals surface area contributed by atoms with Crippen LogP contribution >= 0.6 is 11.6 Å². The zero-order valence-corrected chi connectivity index (χ0v) is 18.8. The number of amides is 4. The summed E-state index contributed by atoms with van der Waals surface area (Å²) in [7, 11) is 0. The lowest BCUT2D eigenvalue weighted by atomic mass is 10.0. The van der Waals surface area contributed by atoms with Gasteiger partial charge in [-0.15, -0.1) is 0 Å². The maximum atomic E-state index is 13.1. The number of carbonyl (C=O) groups is 3. The highest BCUT2D eigenvalue weighted by molar-refractivity contribution is 6.39. The molecule has 4 rings (SSSR count). The van der Waals surface area contributed by atoms with Crippen molar-refractivity contribution in [3.8, 4) is 5.75 Å². The van der Waals surface area contributed by atoms with Gasteiger partial charge >= 0.3 is 6.03 Å². The first-order chi connectivity index (χ1) is 15.8. The van der Waals surface area contributed by atoms with E-state index in [1.54, 1.807) is 43.3 Å². The molecule has 1 heterocycles. The van der Waals surface area contributed by atoms with Crippen molar-refractivity contribution in [3.63, 3.8) is 0 Å². The van der Waals surface area contributed by atoms with Gasteiger partial charge in [-0.1, -0.05) is 54.1 Å². The van der Waals surface area contributed by atoms with Gasteiger partial charge in [-0.25, -0.2) is 9.69 Å². The lowest BCUT2D eigenvalue weighted by molar-refractivity contribution is -0.122. The summed E-state index contributed by atoms with van der Waals surface area (Å²) in [4.78, 5) is 39.0. The van der Waals surface area contributed by atoms with Gasteiger partial charge in [0, 0.05) is 10.6 Å². The maximum absolute atomic E-state index is 13.1. The minimum Gasteiger partial charge on any atom is -0.489 e. The number of nitrogens with zero attached hydrogens (tertiary/aromatic N) is 1. The van der Waals surface area contributed by atoms with Crippen molar-refractivity contribution in [3.05, 3.63) is 99.6 Å². The summed E-state index contributed by atoms with van der Waals surface area (Å²) in [6.07, 6.45) is 1.46. The van der Waals surface area contributed by atoms with E-state index in [2.05, 4.69) is 5.32 Å². The molecule has 0 saturated carbocycles. The van der Waals surface area contributed by atoms with E-state index in [0.717, 1.165) is 21.6 Å². The van der Waals surface area contributed by atoms with Crippen molar-refractivity contribution in [1.82, 2.24) is 5.32 Å². The molecule has 1 aliphatic rings. The van der Waals surface area contributed by atoms with Gasteiger partial charge in [0.1, 0.15) is 17.9 Å². The smallest absolute Gasteiger partial charge is 0.335 e. The molecule has 3 aromatic rings. The highest BCUT2D eigenvalue weighted by Gasteiger charge is 2.37. The number of hydrogen-bond donors (Lipinski definition) is 1. The van der Waals surface area contributed by atoms with Crippen LogP contribution < -0.4 is 15.0 Å². The van der Waals surface area contributed by atoms with Crippen LogP contribution in [0.1, 0.15) is 22.3 Å². The molecule has 0 spiro atoms. The van der Waals surface area contributed by atoms with Gasteiger partial charge in [0.25, 0.3) is 11.8 Å². The van der Waals surface area contributed by atoms with Gasteiger partial charge in [0.05, 0.1) is 5.69 Å². The molecule has 7 heteroatoms. The van der Waals surface area contributed by atoms with E-state index in [9.17, 15) is 14.4 Å². The third-order valence-corrected chi connectivity index (χ3v) is 5.62. The van der Waals surface area contributed by atoms with Crippen molar-refractivity contribution >= 4 is 41.2 Å². The van der Waals surface area contributed by atoms with Crippen molar-refractivity contribution < 1.29 is 19.1 Å². The SMILES string of the molecule is Cc1ccc(C)c(N2C(=O)NC(=O)/C(=C\c3ccc(OCc4ccccc4Cl)cc3)C2=O)c1. The minimum absolute atomic E-state index is 0.125. The summed E-state index contributed by atoms with van der Waals surface area (Å²) in [5.74, 6) is -0.786. The van der Waals surface area contributed by atoms with Gasteiger partial charge in [0.15, 0.2) is 0 Å². The fourth-order valence-electron chi connectivity index (χ4n) is 3.44. The number of anilines is 1. The number of nitrogens with one attached hydrogen (secondary N) is 1. The molecule has 3 aromatic carbocycles. The molecule has 0 bridgehead atoms. The molecule has 0 unspecified atom stereocenters. The van der Waals surface area contributed by atoms with Crippen LogP contribution in [-0.2, 0) is 16.2 Å². The van der Waals surface area contributed by atoms with Gasteiger partial charge in [-0.2, -0.15) is 0 Å². The third kappa shape index (κ3) is 4.81. The first-order valence-corrected chi connectivity index (χ1v) is 10.7. The summed E-state index contributed by atoms with van der Waals surface area (Å²) in [6, 6.07) is 19.1. The molecule has 0 aromatic heterocycles. The Hall–Kier alpha value is -3.90. The summed E-state index contributed by atoms with van der Waals surface area (Å²) in [6.45, 7) is 3.98. The predicted molar refractivity (Wildman–Crippen MR) is 127 cm³/mol. The second-order valence-corrected chi connectivity index (χ2v) is 8.10. The van der Waals surface area contributed by atoms with E-state index in [1.165, 1.54) is 6.08 Å². The molecule has 0 atom stereocenters. The highest BCUT2D eigenvalue weighted by Crippen LogP contribution is 2.27. The third-order valence-electron chi connectivity index (χ3n) is 5.25. The Morgan fingerprint density at radius 2 is 1.70 bits per heavy atom. The van der Waals surface area contributed by atoms with Crippen LogP contribution in [0.5, 0.6) is 5.75 Å². The van der Waals surface area contributed by atoms with Gasteiger partial charge in [-0.05, 0) is 60.9 Å². The average Bonchev–Trinajstić information content (AvgIpc) is 2.79. The number of imide groups is 2. The second kappa shape index (κ2) is 9.30. The predicted octanol–water partition coefficient (Wildman–Crippen LogP) is 5.20. The molecule has 1 N–H and O–H groups in total. The average molecular weight is 461 g/mol. The van der Waals surface area contributed by atoms with Crippen LogP contribution in [0.3, 0.4) is 0 Å².